The molecule has 0 N–H and O–H groups in total. The summed E-state index contributed by atoms with van der Waals surface area (Å²) in [6, 6.07) is 12.9. The molecule has 0 saturated carbocycles. The van der Waals surface area contributed by atoms with Crippen LogP contribution in [-0.2, 0) is 6.54 Å². The van der Waals surface area contributed by atoms with Gasteiger partial charge in [0.15, 0.2) is 0 Å². The lowest BCUT2D eigenvalue weighted by Crippen LogP contribution is -2.48. The largest absolute Gasteiger partial charge is 0.497 e. The molecule has 2 aromatic rings. The second-order valence-corrected chi connectivity index (χ2v) is 6.69. The Kier molecular flexibility index (Phi) is 6.01. The molecule has 1 amide bonds. The highest BCUT2D eigenvalue weighted by Gasteiger charge is 2.23. The fraction of sp³-hybridized carbons (Fsp3) is 0.350. The predicted molar refractivity (Wildman–Crippen MR) is 102 cm³/mol. The van der Waals surface area contributed by atoms with Gasteiger partial charge in [-0.05, 0) is 42.5 Å². The van der Waals surface area contributed by atoms with Crippen LogP contribution in [-0.4, -0.2) is 56.1 Å². The molecular formula is C20H23ClN2O3. The first-order chi connectivity index (χ1) is 12.6. The number of benzene rings is 2. The van der Waals surface area contributed by atoms with E-state index >= 15 is 0 Å². The van der Waals surface area contributed by atoms with E-state index in [0.717, 1.165) is 36.7 Å². The molecule has 0 aliphatic carbocycles. The first-order valence-corrected chi connectivity index (χ1v) is 8.96. The molecule has 0 aromatic heterocycles. The Morgan fingerprint density at radius 3 is 2.31 bits per heavy atom. The average molecular weight is 375 g/mol. The SMILES string of the molecule is COc1ccc(OC)c(CN2CCN(C(=O)c3ccc(Cl)cc3)CC2)c1. The van der Waals surface area contributed by atoms with Gasteiger partial charge in [0, 0.05) is 48.9 Å². The lowest BCUT2D eigenvalue weighted by molar-refractivity contribution is 0.0627. The smallest absolute Gasteiger partial charge is 0.253 e. The molecule has 0 bridgehead atoms. The van der Waals surface area contributed by atoms with Crippen molar-refractivity contribution >= 4 is 17.5 Å². The summed E-state index contributed by atoms with van der Waals surface area (Å²) in [6.07, 6.45) is 0. The lowest BCUT2D eigenvalue weighted by Gasteiger charge is -2.35. The number of carbonyl (C=O) groups is 1. The number of ether oxygens (including phenoxy) is 2. The third-order valence-electron chi connectivity index (χ3n) is 4.63. The van der Waals surface area contributed by atoms with Crippen LogP contribution in [0.15, 0.2) is 42.5 Å². The van der Waals surface area contributed by atoms with Crippen molar-refractivity contribution < 1.29 is 14.3 Å². The van der Waals surface area contributed by atoms with Gasteiger partial charge in [-0.3, -0.25) is 9.69 Å². The summed E-state index contributed by atoms with van der Waals surface area (Å²) in [5, 5.41) is 0.638. The molecule has 0 unspecified atom stereocenters. The van der Waals surface area contributed by atoms with Crippen molar-refractivity contribution in [2.45, 2.75) is 6.54 Å². The molecular weight excluding hydrogens is 352 g/mol. The first kappa shape index (κ1) is 18.5. The number of methoxy groups -OCH3 is 2. The second-order valence-electron chi connectivity index (χ2n) is 6.25. The van der Waals surface area contributed by atoms with Crippen molar-refractivity contribution in [2.24, 2.45) is 0 Å². The number of carbonyl (C=O) groups excluding carboxylic acids is 1. The van der Waals surface area contributed by atoms with Crippen LogP contribution in [0.5, 0.6) is 11.5 Å². The molecule has 1 fully saturated rings. The van der Waals surface area contributed by atoms with Crippen molar-refractivity contribution in [3.63, 3.8) is 0 Å². The molecule has 1 saturated heterocycles. The number of piperazine rings is 1. The monoisotopic (exact) mass is 374 g/mol. The van der Waals surface area contributed by atoms with Crippen molar-refractivity contribution in [1.82, 2.24) is 9.80 Å². The fourth-order valence-corrected chi connectivity index (χ4v) is 3.26. The molecule has 5 nitrogen and oxygen atoms in total. The van der Waals surface area contributed by atoms with Crippen LogP contribution in [0.1, 0.15) is 15.9 Å². The standard InChI is InChI=1S/C20H23ClN2O3/c1-25-18-7-8-19(26-2)16(13-18)14-22-9-11-23(12-10-22)20(24)15-3-5-17(21)6-4-15/h3-8,13H,9-12,14H2,1-2H3. The molecule has 1 aliphatic rings. The average Bonchev–Trinajstić information content (AvgIpc) is 2.68. The maximum absolute atomic E-state index is 12.6. The van der Waals surface area contributed by atoms with E-state index < -0.39 is 0 Å². The number of nitrogens with zero attached hydrogens (tertiary/aromatic N) is 2. The van der Waals surface area contributed by atoms with Gasteiger partial charge >= 0.3 is 0 Å². The summed E-state index contributed by atoms with van der Waals surface area (Å²) < 4.78 is 10.8. The number of halogens is 1. The van der Waals surface area contributed by atoms with Gasteiger partial charge in [-0.15, -0.1) is 0 Å². The molecule has 0 spiro atoms. The number of hydrogen-bond acceptors (Lipinski definition) is 4. The second kappa shape index (κ2) is 8.43. The zero-order chi connectivity index (χ0) is 18.5. The minimum atomic E-state index is 0.0558. The van der Waals surface area contributed by atoms with Gasteiger partial charge < -0.3 is 14.4 Å². The van der Waals surface area contributed by atoms with Crippen LogP contribution in [0.25, 0.3) is 0 Å². The molecule has 6 heteroatoms. The van der Waals surface area contributed by atoms with E-state index in [1.54, 1.807) is 38.5 Å². The van der Waals surface area contributed by atoms with Gasteiger partial charge in [-0.2, -0.15) is 0 Å². The molecule has 3 rings (SSSR count). The topological polar surface area (TPSA) is 42.0 Å². The van der Waals surface area contributed by atoms with Crippen LogP contribution in [0.2, 0.25) is 5.02 Å². The minimum absolute atomic E-state index is 0.0558. The molecule has 1 aliphatic heterocycles. The van der Waals surface area contributed by atoms with Gasteiger partial charge in [-0.25, -0.2) is 0 Å². The maximum atomic E-state index is 12.6. The van der Waals surface area contributed by atoms with E-state index in [1.807, 2.05) is 23.1 Å². The minimum Gasteiger partial charge on any atom is -0.497 e. The Morgan fingerprint density at radius 2 is 1.69 bits per heavy atom. The zero-order valence-electron chi connectivity index (χ0n) is 15.1. The predicted octanol–water partition coefficient (Wildman–Crippen LogP) is 3.32. The van der Waals surface area contributed by atoms with Crippen molar-refractivity contribution in [1.29, 1.82) is 0 Å². The Morgan fingerprint density at radius 1 is 1.00 bits per heavy atom. The summed E-state index contributed by atoms with van der Waals surface area (Å²) in [6.45, 7) is 3.81. The van der Waals surface area contributed by atoms with Crippen molar-refractivity contribution in [3.8, 4) is 11.5 Å². The summed E-state index contributed by atoms with van der Waals surface area (Å²) in [7, 11) is 3.33. The van der Waals surface area contributed by atoms with Gasteiger partial charge in [0.1, 0.15) is 11.5 Å². The Balaban J connectivity index is 1.60. The Hall–Kier alpha value is -2.24. The highest BCUT2D eigenvalue weighted by atomic mass is 35.5. The lowest BCUT2D eigenvalue weighted by atomic mass is 10.1. The van der Waals surface area contributed by atoms with E-state index in [4.69, 9.17) is 21.1 Å². The van der Waals surface area contributed by atoms with E-state index in [9.17, 15) is 4.79 Å². The van der Waals surface area contributed by atoms with Crippen molar-refractivity contribution in [2.75, 3.05) is 40.4 Å². The first-order valence-electron chi connectivity index (χ1n) is 8.59. The molecule has 0 radical (unpaired) electrons. The van der Waals surface area contributed by atoms with Gasteiger partial charge in [0.05, 0.1) is 14.2 Å². The maximum Gasteiger partial charge on any atom is 0.253 e. The van der Waals surface area contributed by atoms with Crippen LogP contribution < -0.4 is 9.47 Å². The summed E-state index contributed by atoms with van der Waals surface area (Å²) in [5.41, 5.74) is 1.77. The molecule has 2 aromatic carbocycles. The van der Waals surface area contributed by atoms with E-state index in [0.29, 0.717) is 23.7 Å². The number of hydrogen-bond donors (Lipinski definition) is 0. The third kappa shape index (κ3) is 4.29. The molecule has 1 heterocycles. The normalized spacial score (nSPS) is 15.0. The summed E-state index contributed by atoms with van der Waals surface area (Å²) in [4.78, 5) is 16.8. The Bertz CT molecular complexity index is 756. The Labute approximate surface area is 159 Å². The highest BCUT2D eigenvalue weighted by molar-refractivity contribution is 6.30. The van der Waals surface area contributed by atoms with Crippen LogP contribution in [0.3, 0.4) is 0 Å². The number of rotatable bonds is 5. The van der Waals surface area contributed by atoms with E-state index in [1.165, 1.54) is 0 Å². The number of amides is 1. The van der Waals surface area contributed by atoms with Crippen molar-refractivity contribution in [3.05, 3.63) is 58.6 Å². The molecule has 0 atom stereocenters. The summed E-state index contributed by atoms with van der Waals surface area (Å²) in [5.74, 6) is 1.73. The highest BCUT2D eigenvalue weighted by Crippen LogP contribution is 2.25. The van der Waals surface area contributed by atoms with E-state index in [-0.39, 0.29) is 5.91 Å². The van der Waals surface area contributed by atoms with Crippen LogP contribution in [0, 0.1) is 0 Å². The third-order valence-corrected chi connectivity index (χ3v) is 4.88. The van der Waals surface area contributed by atoms with Crippen LogP contribution in [0.4, 0.5) is 0 Å². The van der Waals surface area contributed by atoms with Gasteiger partial charge in [0.2, 0.25) is 0 Å². The van der Waals surface area contributed by atoms with Crippen LogP contribution >= 0.6 is 11.6 Å². The zero-order valence-corrected chi connectivity index (χ0v) is 15.8. The molecule has 26 heavy (non-hydrogen) atoms. The van der Waals surface area contributed by atoms with Gasteiger partial charge in [-0.1, -0.05) is 11.6 Å². The summed E-state index contributed by atoms with van der Waals surface area (Å²) >= 11 is 5.89. The van der Waals surface area contributed by atoms with Gasteiger partial charge in [0.25, 0.3) is 5.91 Å². The molecule has 138 valence electrons. The quantitative estimate of drug-likeness (QED) is 0.805. The fourth-order valence-electron chi connectivity index (χ4n) is 3.13. The van der Waals surface area contributed by atoms with E-state index in [2.05, 4.69) is 4.90 Å².